The number of aliphatic imine (C=N–C) groups is 1. The number of carbonyl (C=O) groups is 1. The Morgan fingerprint density at radius 1 is 1.04 bits per heavy atom. The standard InChI is InChI=1S/C20H20Cl2N2O/c1-2-3-12-23-20(25)19-17(13-4-8-15(21)9-5-13)18(24-19)14-6-10-16(22)11-7-14/h4-11,17,19H,2-3,12H2,1H3,(H,23,25)/t17-,19-/m1/s1. The fourth-order valence-electron chi connectivity index (χ4n) is 2.96. The lowest BCUT2D eigenvalue weighted by molar-refractivity contribution is -0.122. The smallest absolute Gasteiger partial charge is 0.245 e. The number of unbranched alkanes of at least 4 members (excludes halogenated alkanes) is 1. The molecule has 1 aliphatic rings. The van der Waals surface area contributed by atoms with Crippen LogP contribution in [0.3, 0.4) is 0 Å². The van der Waals surface area contributed by atoms with E-state index in [1.807, 2.05) is 48.5 Å². The monoisotopic (exact) mass is 374 g/mol. The van der Waals surface area contributed by atoms with E-state index in [-0.39, 0.29) is 11.8 Å². The molecule has 0 bridgehead atoms. The minimum Gasteiger partial charge on any atom is -0.354 e. The van der Waals surface area contributed by atoms with Gasteiger partial charge in [0.15, 0.2) is 0 Å². The molecule has 0 unspecified atom stereocenters. The fourth-order valence-corrected chi connectivity index (χ4v) is 3.21. The predicted molar refractivity (Wildman–Crippen MR) is 104 cm³/mol. The third kappa shape index (κ3) is 4.05. The first-order valence-corrected chi connectivity index (χ1v) is 9.22. The van der Waals surface area contributed by atoms with Crippen LogP contribution in [0.5, 0.6) is 0 Å². The average Bonchev–Trinajstić information content (AvgIpc) is 2.58. The van der Waals surface area contributed by atoms with Gasteiger partial charge in [0.2, 0.25) is 5.91 Å². The molecule has 25 heavy (non-hydrogen) atoms. The number of nitrogens with zero attached hydrogens (tertiary/aromatic N) is 1. The van der Waals surface area contributed by atoms with Gasteiger partial charge >= 0.3 is 0 Å². The summed E-state index contributed by atoms with van der Waals surface area (Å²) in [6.07, 6.45) is 2.02. The Kier molecular flexibility index (Phi) is 5.77. The van der Waals surface area contributed by atoms with Crippen molar-refractivity contribution >= 4 is 34.8 Å². The molecule has 1 aliphatic heterocycles. The molecule has 0 saturated heterocycles. The van der Waals surface area contributed by atoms with Gasteiger partial charge in [0, 0.05) is 16.6 Å². The third-order valence-corrected chi connectivity index (χ3v) is 4.86. The Hall–Kier alpha value is -1.84. The summed E-state index contributed by atoms with van der Waals surface area (Å²) in [6.45, 7) is 2.79. The highest BCUT2D eigenvalue weighted by molar-refractivity contribution is 6.31. The molecule has 5 heteroatoms. The van der Waals surface area contributed by atoms with Crippen LogP contribution < -0.4 is 5.32 Å². The molecular formula is C20H20Cl2N2O. The van der Waals surface area contributed by atoms with Crippen molar-refractivity contribution in [2.45, 2.75) is 31.7 Å². The minimum absolute atomic E-state index is 0.0221. The predicted octanol–water partition coefficient (Wildman–Crippen LogP) is 4.86. The lowest BCUT2D eigenvalue weighted by atomic mass is 9.78. The highest BCUT2D eigenvalue weighted by Crippen LogP contribution is 2.36. The summed E-state index contributed by atoms with van der Waals surface area (Å²) < 4.78 is 0. The van der Waals surface area contributed by atoms with E-state index in [2.05, 4.69) is 17.2 Å². The summed E-state index contributed by atoms with van der Waals surface area (Å²) >= 11 is 12.0. The van der Waals surface area contributed by atoms with Crippen molar-refractivity contribution in [1.82, 2.24) is 5.32 Å². The zero-order valence-corrected chi connectivity index (χ0v) is 15.5. The summed E-state index contributed by atoms with van der Waals surface area (Å²) in [4.78, 5) is 17.1. The second kappa shape index (κ2) is 8.03. The zero-order chi connectivity index (χ0) is 17.8. The lowest BCUT2D eigenvalue weighted by Gasteiger charge is -2.34. The molecular weight excluding hydrogens is 355 g/mol. The lowest BCUT2D eigenvalue weighted by Crippen LogP contribution is -2.47. The molecule has 130 valence electrons. The fraction of sp³-hybridized carbons (Fsp3) is 0.300. The number of hydrogen-bond donors (Lipinski definition) is 1. The van der Waals surface area contributed by atoms with Crippen LogP contribution in [0.25, 0.3) is 0 Å². The van der Waals surface area contributed by atoms with Crippen LogP contribution in [-0.2, 0) is 4.79 Å². The molecule has 1 heterocycles. The summed E-state index contributed by atoms with van der Waals surface area (Å²) in [5, 5.41) is 4.34. The molecule has 2 aromatic rings. The maximum Gasteiger partial charge on any atom is 0.245 e. The quantitative estimate of drug-likeness (QED) is 0.720. The van der Waals surface area contributed by atoms with Gasteiger partial charge in [-0.05, 0) is 41.8 Å². The molecule has 1 amide bonds. The SMILES string of the molecule is CCCCNC(=O)[C@@H]1N=C(c2ccc(Cl)cc2)[C@H]1c1ccc(Cl)cc1. The Balaban J connectivity index is 1.87. The van der Waals surface area contributed by atoms with Crippen molar-refractivity contribution < 1.29 is 4.79 Å². The van der Waals surface area contributed by atoms with Crippen molar-refractivity contribution in [3.63, 3.8) is 0 Å². The van der Waals surface area contributed by atoms with Crippen LogP contribution in [0.15, 0.2) is 53.5 Å². The van der Waals surface area contributed by atoms with E-state index in [9.17, 15) is 4.79 Å². The van der Waals surface area contributed by atoms with Crippen molar-refractivity contribution in [2.75, 3.05) is 6.54 Å². The first-order valence-electron chi connectivity index (χ1n) is 8.47. The molecule has 0 fully saturated rings. The maximum absolute atomic E-state index is 12.5. The maximum atomic E-state index is 12.5. The van der Waals surface area contributed by atoms with Crippen LogP contribution in [0.2, 0.25) is 10.0 Å². The molecule has 1 N–H and O–H groups in total. The van der Waals surface area contributed by atoms with Crippen molar-refractivity contribution in [2.24, 2.45) is 4.99 Å². The minimum atomic E-state index is -0.399. The summed E-state index contributed by atoms with van der Waals surface area (Å²) in [7, 11) is 0. The second-order valence-electron chi connectivity index (χ2n) is 6.14. The van der Waals surface area contributed by atoms with Crippen LogP contribution in [0, 0.1) is 0 Å². The molecule has 0 aromatic heterocycles. The van der Waals surface area contributed by atoms with Gasteiger partial charge in [0.25, 0.3) is 0 Å². The number of halogens is 2. The number of carbonyl (C=O) groups excluding carboxylic acids is 1. The molecule has 0 spiro atoms. The molecule has 0 radical (unpaired) electrons. The van der Waals surface area contributed by atoms with Gasteiger partial charge in [-0.1, -0.05) is 60.8 Å². The van der Waals surface area contributed by atoms with E-state index in [0.717, 1.165) is 29.7 Å². The molecule has 2 atom stereocenters. The molecule has 3 rings (SSSR count). The van der Waals surface area contributed by atoms with Gasteiger partial charge in [-0.15, -0.1) is 0 Å². The highest BCUT2D eigenvalue weighted by Gasteiger charge is 2.41. The van der Waals surface area contributed by atoms with E-state index < -0.39 is 6.04 Å². The van der Waals surface area contributed by atoms with Gasteiger partial charge < -0.3 is 5.32 Å². The van der Waals surface area contributed by atoms with Gasteiger partial charge in [-0.2, -0.15) is 0 Å². The van der Waals surface area contributed by atoms with Crippen molar-refractivity contribution in [1.29, 1.82) is 0 Å². The number of amides is 1. The van der Waals surface area contributed by atoms with E-state index in [4.69, 9.17) is 23.2 Å². The summed E-state index contributed by atoms with van der Waals surface area (Å²) in [6, 6.07) is 14.8. The average molecular weight is 375 g/mol. The number of benzene rings is 2. The van der Waals surface area contributed by atoms with Gasteiger partial charge in [0.1, 0.15) is 6.04 Å². The molecule has 3 nitrogen and oxygen atoms in total. The van der Waals surface area contributed by atoms with E-state index in [0.29, 0.717) is 16.6 Å². The van der Waals surface area contributed by atoms with Gasteiger partial charge in [-0.3, -0.25) is 9.79 Å². The molecule has 0 saturated carbocycles. The van der Waals surface area contributed by atoms with Crippen LogP contribution >= 0.6 is 23.2 Å². The van der Waals surface area contributed by atoms with Gasteiger partial charge in [0.05, 0.1) is 11.6 Å². The summed E-state index contributed by atoms with van der Waals surface area (Å²) in [5.74, 6) is -0.0915. The van der Waals surface area contributed by atoms with Crippen LogP contribution in [0.1, 0.15) is 36.8 Å². The van der Waals surface area contributed by atoms with Crippen LogP contribution in [0.4, 0.5) is 0 Å². The van der Waals surface area contributed by atoms with Crippen molar-refractivity contribution in [3.05, 3.63) is 69.7 Å². The number of rotatable bonds is 6. The van der Waals surface area contributed by atoms with Crippen LogP contribution in [-0.4, -0.2) is 24.2 Å². The van der Waals surface area contributed by atoms with Crippen molar-refractivity contribution in [3.8, 4) is 0 Å². The molecule has 0 aliphatic carbocycles. The first kappa shape index (κ1) is 18.0. The third-order valence-electron chi connectivity index (χ3n) is 4.36. The second-order valence-corrected chi connectivity index (χ2v) is 7.01. The zero-order valence-electron chi connectivity index (χ0n) is 14.0. The van der Waals surface area contributed by atoms with E-state index >= 15 is 0 Å². The Morgan fingerprint density at radius 3 is 2.24 bits per heavy atom. The normalized spacial score (nSPS) is 19.1. The van der Waals surface area contributed by atoms with E-state index in [1.165, 1.54) is 0 Å². The highest BCUT2D eigenvalue weighted by atomic mass is 35.5. The molecule has 2 aromatic carbocycles. The summed E-state index contributed by atoms with van der Waals surface area (Å²) in [5.41, 5.74) is 2.94. The first-order chi connectivity index (χ1) is 12.1. The van der Waals surface area contributed by atoms with E-state index in [1.54, 1.807) is 0 Å². The Labute approximate surface area is 158 Å². The van der Waals surface area contributed by atoms with Gasteiger partial charge in [-0.25, -0.2) is 0 Å². The largest absolute Gasteiger partial charge is 0.354 e. The number of nitrogens with one attached hydrogen (secondary N) is 1. The Morgan fingerprint density at radius 2 is 1.64 bits per heavy atom. The Bertz CT molecular complexity index is 769. The topological polar surface area (TPSA) is 41.5 Å². The number of hydrogen-bond acceptors (Lipinski definition) is 2.